The van der Waals surface area contributed by atoms with E-state index in [9.17, 15) is 5.11 Å². The summed E-state index contributed by atoms with van der Waals surface area (Å²) in [7, 11) is -0.584. The van der Waals surface area contributed by atoms with E-state index in [1.807, 2.05) is 61.6 Å². The van der Waals surface area contributed by atoms with Crippen LogP contribution in [-0.2, 0) is 14.8 Å². The molecule has 0 aromatic heterocycles. The topological polar surface area (TPSA) is 41.9 Å². The van der Waals surface area contributed by atoms with Crippen LogP contribution in [0.2, 0.25) is 5.04 Å². The van der Waals surface area contributed by atoms with Crippen molar-refractivity contribution in [2.24, 2.45) is 0 Å². The van der Waals surface area contributed by atoms with E-state index in [2.05, 4.69) is 123 Å². The molecule has 0 saturated heterocycles. The number of likely N-dealkylation sites (N-methyl/N-ethyl adjacent to an activating group) is 1. The molecule has 1 N–H and O–H groups in total. The first-order chi connectivity index (χ1) is 22.3. The van der Waals surface area contributed by atoms with Crippen LogP contribution in [0, 0.1) is 0 Å². The van der Waals surface area contributed by atoms with Gasteiger partial charge in [-0.2, -0.15) is 0 Å². The molecule has 0 bridgehead atoms. The summed E-state index contributed by atoms with van der Waals surface area (Å²) in [5.74, 6) is 0. The lowest BCUT2D eigenvalue weighted by Gasteiger charge is -2.43. The van der Waals surface area contributed by atoms with Gasteiger partial charge in [-0.05, 0) is 39.1 Å². The Kier molecular flexibility index (Phi) is 11.0. The lowest BCUT2D eigenvalue weighted by atomic mass is 9.80. The maximum absolute atomic E-state index is 11.4. The molecule has 5 aromatic carbocycles. The highest BCUT2D eigenvalue weighted by Gasteiger charge is 2.50. The van der Waals surface area contributed by atoms with Crippen LogP contribution in [-0.4, -0.2) is 57.8 Å². The van der Waals surface area contributed by atoms with E-state index in [-0.39, 0.29) is 11.6 Å². The second-order valence-electron chi connectivity index (χ2n) is 13.0. The van der Waals surface area contributed by atoms with Crippen LogP contribution in [0.25, 0.3) is 0 Å². The summed E-state index contributed by atoms with van der Waals surface area (Å²) in [4.78, 5) is 2.14. The first kappa shape index (κ1) is 33.5. The zero-order valence-electron chi connectivity index (χ0n) is 27.6. The molecule has 5 aromatic rings. The summed E-state index contributed by atoms with van der Waals surface area (Å²) in [5, 5.41) is 13.8. The molecule has 0 spiro atoms. The summed E-state index contributed by atoms with van der Waals surface area (Å²) in [6.45, 7) is 8.74. The van der Waals surface area contributed by atoms with Crippen molar-refractivity contribution in [1.29, 1.82) is 0 Å². The quantitative estimate of drug-likeness (QED) is 0.108. The van der Waals surface area contributed by atoms with Gasteiger partial charge in [-0.15, -0.1) is 0 Å². The molecular formula is C41H47NO3Si. The van der Waals surface area contributed by atoms with Gasteiger partial charge in [-0.1, -0.05) is 172 Å². The number of rotatable bonds is 14. The van der Waals surface area contributed by atoms with E-state index < -0.39 is 20.0 Å². The van der Waals surface area contributed by atoms with Crippen LogP contribution in [0.4, 0.5) is 0 Å². The normalized spacial score (nSPS) is 13.1. The molecule has 0 aliphatic rings. The number of ether oxygens (including phenoxy) is 1. The predicted molar refractivity (Wildman–Crippen MR) is 192 cm³/mol. The molecule has 0 saturated carbocycles. The molecule has 5 heteroatoms. The Morgan fingerprint density at radius 2 is 0.978 bits per heavy atom. The second-order valence-corrected chi connectivity index (χ2v) is 17.3. The number of aliphatic hydroxyl groups excluding tert-OH is 1. The standard InChI is InChI=1S/C41H47NO3Si/c1-40(2,3)46(38-26-16-8-17-27-38,39-28-18-9-19-29-39)45-31-30-42(4)32-37(43)33-44-41(34-20-10-5-11-21-34,35-22-12-6-13-23-35)36-24-14-7-15-25-36/h5-29,37,43H,30-33H2,1-4H3/t37-/m0/s1. The maximum atomic E-state index is 11.4. The van der Waals surface area contributed by atoms with Crippen LogP contribution in [0.5, 0.6) is 0 Å². The number of benzene rings is 5. The molecule has 0 amide bonds. The molecule has 0 unspecified atom stereocenters. The van der Waals surface area contributed by atoms with Crippen molar-refractivity contribution in [3.8, 4) is 0 Å². The van der Waals surface area contributed by atoms with Gasteiger partial charge in [0, 0.05) is 19.7 Å². The number of aliphatic hydroxyl groups is 1. The third-order valence-corrected chi connectivity index (χ3v) is 13.8. The molecule has 5 rings (SSSR count). The van der Waals surface area contributed by atoms with Crippen LogP contribution in [0.15, 0.2) is 152 Å². The molecule has 0 fully saturated rings. The lowest BCUT2D eigenvalue weighted by molar-refractivity contribution is -0.0453. The largest absolute Gasteiger partial charge is 0.406 e. The van der Waals surface area contributed by atoms with E-state index in [0.29, 0.717) is 19.7 Å². The Hall–Kier alpha value is -3.84. The van der Waals surface area contributed by atoms with Crippen molar-refractivity contribution in [3.05, 3.63) is 168 Å². The van der Waals surface area contributed by atoms with Crippen molar-refractivity contribution < 1.29 is 14.3 Å². The van der Waals surface area contributed by atoms with Crippen LogP contribution in [0.3, 0.4) is 0 Å². The lowest BCUT2D eigenvalue weighted by Crippen LogP contribution is -2.67. The van der Waals surface area contributed by atoms with E-state index in [1.165, 1.54) is 10.4 Å². The zero-order valence-corrected chi connectivity index (χ0v) is 28.6. The van der Waals surface area contributed by atoms with Gasteiger partial charge >= 0.3 is 0 Å². The minimum atomic E-state index is -2.62. The van der Waals surface area contributed by atoms with Crippen molar-refractivity contribution >= 4 is 18.7 Å². The highest BCUT2D eigenvalue weighted by atomic mass is 28.4. The molecule has 46 heavy (non-hydrogen) atoms. The minimum Gasteiger partial charge on any atom is -0.406 e. The fraction of sp³-hybridized carbons (Fsp3) is 0.268. The number of hydrogen-bond donors (Lipinski definition) is 1. The van der Waals surface area contributed by atoms with Crippen LogP contribution in [0.1, 0.15) is 37.5 Å². The van der Waals surface area contributed by atoms with E-state index in [1.54, 1.807) is 0 Å². The Balaban J connectivity index is 1.32. The van der Waals surface area contributed by atoms with Gasteiger partial charge in [-0.3, -0.25) is 0 Å². The van der Waals surface area contributed by atoms with Gasteiger partial charge in [0.2, 0.25) is 0 Å². The SMILES string of the molecule is CN(CCO[Si](c1ccccc1)(c1ccccc1)C(C)(C)C)C[C@H](O)COC(c1ccccc1)(c1ccccc1)c1ccccc1. The van der Waals surface area contributed by atoms with Crippen LogP contribution < -0.4 is 10.4 Å². The first-order valence-corrected chi connectivity index (χ1v) is 18.1. The first-order valence-electron chi connectivity index (χ1n) is 16.2. The molecule has 0 radical (unpaired) electrons. The van der Waals surface area contributed by atoms with Gasteiger partial charge < -0.3 is 19.2 Å². The summed E-state index contributed by atoms with van der Waals surface area (Å²) in [6.07, 6.45) is -0.701. The fourth-order valence-electron chi connectivity index (χ4n) is 6.61. The Labute approximate surface area is 276 Å². The average Bonchev–Trinajstić information content (AvgIpc) is 3.09. The average molecular weight is 630 g/mol. The number of hydrogen-bond acceptors (Lipinski definition) is 4. The van der Waals surface area contributed by atoms with E-state index >= 15 is 0 Å². The zero-order chi connectivity index (χ0) is 32.5. The molecule has 0 aliphatic carbocycles. The van der Waals surface area contributed by atoms with Gasteiger partial charge in [-0.25, -0.2) is 0 Å². The second kappa shape index (κ2) is 15.2. The van der Waals surface area contributed by atoms with Crippen LogP contribution >= 0.6 is 0 Å². The smallest absolute Gasteiger partial charge is 0.261 e. The summed E-state index contributed by atoms with van der Waals surface area (Å²) < 4.78 is 14.0. The molecule has 1 atom stereocenters. The van der Waals surface area contributed by atoms with Crippen molar-refractivity contribution in [1.82, 2.24) is 4.90 Å². The molecular weight excluding hydrogens is 583 g/mol. The molecule has 238 valence electrons. The van der Waals surface area contributed by atoms with Gasteiger partial charge in [0.15, 0.2) is 0 Å². The highest BCUT2D eigenvalue weighted by molar-refractivity contribution is 6.99. The Bertz CT molecular complexity index is 1460. The van der Waals surface area contributed by atoms with E-state index in [0.717, 1.165) is 16.7 Å². The minimum absolute atomic E-state index is 0.0860. The van der Waals surface area contributed by atoms with Crippen molar-refractivity contribution in [2.45, 2.75) is 37.5 Å². The monoisotopic (exact) mass is 629 g/mol. The summed E-state index contributed by atoms with van der Waals surface area (Å²) in [5.41, 5.74) is 2.19. The van der Waals surface area contributed by atoms with Gasteiger partial charge in [0.1, 0.15) is 5.60 Å². The third kappa shape index (κ3) is 7.25. The van der Waals surface area contributed by atoms with Gasteiger partial charge in [0.25, 0.3) is 8.32 Å². The maximum Gasteiger partial charge on any atom is 0.261 e. The van der Waals surface area contributed by atoms with Gasteiger partial charge in [0.05, 0.1) is 12.7 Å². The summed E-state index contributed by atoms with van der Waals surface area (Å²) in [6, 6.07) is 52.3. The Morgan fingerprint density at radius 3 is 1.35 bits per heavy atom. The van der Waals surface area contributed by atoms with Crippen molar-refractivity contribution in [2.75, 3.05) is 33.4 Å². The molecule has 4 nitrogen and oxygen atoms in total. The molecule has 0 heterocycles. The fourth-order valence-corrected chi connectivity index (χ4v) is 11.2. The molecule has 0 aliphatic heterocycles. The van der Waals surface area contributed by atoms with E-state index in [4.69, 9.17) is 9.16 Å². The van der Waals surface area contributed by atoms with Crippen molar-refractivity contribution in [3.63, 3.8) is 0 Å². The number of nitrogens with zero attached hydrogens (tertiary/aromatic N) is 1. The third-order valence-electron chi connectivity index (χ3n) is 8.76. The predicted octanol–water partition coefficient (Wildman–Crippen LogP) is 6.86. The Morgan fingerprint density at radius 1 is 0.609 bits per heavy atom. The summed E-state index contributed by atoms with van der Waals surface area (Å²) >= 11 is 0. The highest BCUT2D eigenvalue weighted by Crippen LogP contribution is 2.40.